The van der Waals surface area contributed by atoms with Crippen LogP contribution in [-0.2, 0) is 32.7 Å². The number of carbonyl (C=O) groups is 1. The molecule has 0 atom stereocenters. The second-order valence-corrected chi connectivity index (χ2v) is 1.79. The standard InChI is InChI=1S/C8H7O.Y/c1-7(9)8-5-3-2-4-6-8;/h2-6H,1H2;/q-1;. The van der Waals surface area contributed by atoms with Gasteiger partial charge < -0.3 is 4.79 Å². The average molecular weight is 208 g/mol. The molecular weight excluding hydrogens is 201 g/mol. The SMILES string of the molecule is [CH2-]C(=O)c1ccccc1.[Y]. The number of benzene rings is 1. The summed E-state index contributed by atoms with van der Waals surface area (Å²) < 4.78 is 0. The Labute approximate surface area is 85.7 Å². The van der Waals surface area contributed by atoms with Gasteiger partial charge in [-0.15, -0.1) is 17.7 Å². The number of ketones is 1. The molecule has 0 saturated heterocycles. The molecule has 1 radical (unpaired) electrons. The maximum atomic E-state index is 10.5. The Hall–Kier alpha value is -0.136. The van der Waals surface area contributed by atoms with Gasteiger partial charge >= 0.3 is 0 Å². The van der Waals surface area contributed by atoms with Crippen molar-refractivity contribution in [3.63, 3.8) is 0 Å². The minimum absolute atomic E-state index is 0. The van der Waals surface area contributed by atoms with Crippen molar-refractivity contribution in [2.45, 2.75) is 0 Å². The van der Waals surface area contributed by atoms with Crippen molar-refractivity contribution in [1.29, 1.82) is 0 Å². The van der Waals surface area contributed by atoms with Crippen LogP contribution in [0.4, 0.5) is 0 Å². The summed E-state index contributed by atoms with van der Waals surface area (Å²) in [4.78, 5) is 10.5. The first-order valence-electron chi connectivity index (χ1n) is 2.72. The van der Waals surface area contributed by atoms with Crippen molar-refractivity contribution in [3.8, 4) is 0 Å². The smallest absolute Gasteiger partial charge is 0.0215 e. The van der Waals surface area contributed by atoms with E-state index in [-0.39, 0.29) is 38.5 Å². The molecule has 0 N–H and O–H groups in total. The van der Waals surface area contributed by atoms with E-state index in [4.69, 9.17) is 0 Å². The molecule has 10 heavy (non-hydrogen) atoms. The van der Waals surface area contributed by atoms with Gasteiger partial charge in [0.1, 0.15) is 0 Å². The number of hydrogen-bond donors (Lipinski definition) is 0. The molecule has 1 aromatic carbocycles. The maximum Gasteiger partial charge on any atom is 0.0215 e. The third-order valence-electron chi connectivity index (χ3n) is 1.10. The molecule has 49 valence electrons. The molecule has 1 aromatic rings. The first kappa shape index (κ1) is 9.86. The van der Waals surface area contributed by atoms with Gasteiger partial charge in [0.25, 0.3) is 0 Å². The van der Waals surface area contributed by atoms with Crippen LogP contribution in [0.5, 0.6) is 0 Å². The monoisotopic (exact) mass is 208 g/mol. The summed E-state index contributed by atoms with van der Waals surface area (Å²) in [5.41, 5.74) is 0.664. The fraction of sp³-hybridized carbons (Fsp3) is 0. The van der Waals surface area contributed by atoms with Gasteiger partial charge in [-0.1, -0.05) is 18.2 Å². The molecule has 0 bridgehead atoms. The van der Waals surface area contributed by atoms with Crippen LogP contribution in [0.25, 0.3) is 0 Å². The van der Waals surface area contributed by atoms with Crippen molar-refractivity contribution >= 4 is 5.78 Å². The largest absolute Gasteiger partial charge is 0.332 e. The van der Waals surface area contributed by atoms with Crippen molar-refractivity contribution in [2.75, 3.05) is 0 Å². The maximum absolute atomic E-state index is 10.5. The summed E-state index contributed by atoms with van der Waals surface area (Å²) in [6.45, 7) is 3.27. The van der Waals surface area contributed by atoms with Crippen LogP contribution in [0.2, 0.25) is 0 Å². The summed E-state index contributed by atoms with van der Waals surface area (Å²) in [7, 11) is 0. The molecule has 1 rings (SSSR count). The normalized spacial score (nSPS) is 8.00. The molecule has 2 heteroatoms. The topological polar surface area (TPSA) is 17.1 Å². The van der Waals surface area contributed by atoms with E-state index >= 15 is 0 Å². The van der Waals surface area contributed by atoms with Gasteiger partial charge in [-0.05, 0) is 0 Å². The second-order valence-electron chi connectivity index (χ2n) is 1.79. The minimum Gasteiger partial charge on any atom is -0.332 e. The van der Waals surface area contributed by atoms with Crippen molar-refractivity contribution < 1.29 is 37.5 Å². The molecule has 0 aliphatic rings. The van der Waals surface area contributed by atoms with Gasteiger partial charge in [0.2, 0.25) is 0 Å². The molecule has 0 spiro atoms. The van der Waals surface area contributed by atoms with Crippen LogP contribution in [0.3, 0.4) is 0 Å². The van der Waals surface area contributed by atoms with Gasteiger partial charge in [-0.25, -0.2) is 0 Å². The van der Waals surface area contributed by atoms with E-state index in [9.17, 15) is 4.79 Å². The molecule has 0 fully saturated rings. The Morgan fingerprint density at radius 3 is 2.00 bits per heavy atom. The average Bonchev–Trinajstić information content (AvgIpc) is 1.90. The predicted molar refractivity (Wildman–Crippen MR) is 36.1 cm³/mol. The van der Waals surface area contributed by atoms with Crippen LogP contribution < -0.4 is 0 Å². The second kappa shape index (κ2) is 4.64. The third kappa shape index (κ3) is 2.63. The molecule has 0 aliphatic heterocycles. The van der Waals surface area contributed by atoms with Crippen LogP contribution in [0, 0.1) is 6.92 Å². The first-order valence-corrected chi connectivity index (χ1v) is 2.72. The fourth-order valence-electron chi connectivity index (χ4n) is 0.624. The van der Waals surface area contributed by atoms with Gasteiger partial charge in [0.05, 0.1) is 0 Å². The molecule has 0 saturated carbocycles. The third-order valence-corrected chi connectivity index (χ3v) is 1.10. The van der Waals surface area contributed by atoms with E-state index in [2.05, 4.69) is 6.92 Å². The van der Waals surface area contributed by atoms with Gasteiger partial charge in [-0.3, -0.25) is 0 Å². The molecule has 1 nitrogen and oxygen atoms in total. The fourth-order valence-corrected chi connectivity index (χ4v) is 0.624. The zero-order valence-corrected chi connectivity index (χ0v) is 8.42. The number of rotatable bonds is 1. The predicted octanol–water partition coefficient (Wildman–Crippen LogP) is 1.70. The van der Waals surface area contributed by atoms with E-state index in [1.54, 1.807) is 12.1 Å². The summed E-state index contributed by atoms with van der Waals surface area (Å²) in [6, 6.07) is 8.99. The number of carbonyl (C=O) groups excluding carboxylic acids is 1. The minimum atomic E-state index is -0.129. The van der Waals surface area contributed by atoms with E-state index < -0.39 is 0 Å². The van der Waals surface area contributed by atoms with Gasteiger partial charge in [-0.2, -0.15) is 6.92 Å². The van der Waals surface area contributed by atoms with Gasteiger partial charge in [0, 0.05) is 38.5 Å². The molecule has 0 heterocycles. The van der Waals surface area contributed by atoms with Crippen LogP contribution in [0.15, 0.2) is 30.3 Å². The molecular formula is C8H7OY-. The van der Waals surface area contributed by atoms with Crippen molar-refractivity contribution in [3.05, 3.63) is 42.8 Å². The van der Waals surface area contributed by atoms with Crippen molar-refractivity contribution in [1.82, 2.24) is 0 Å². The molecule has 0 aromatic heterocycles. The van der Waals surface area contributed by atoms with Crippen LogP contribution in [0.1, 0.15) is 10.4 Å². The molecule has 0 amide bonds. The Bertz CT molecular complexity index is 206. The summed E-state index contributed by atoms with van der Waals surface area (Å²) in [5.74, 6) is -0.129. The van der Waals surface area contributed by atoms with Crippen LogP contribution >= 0.6 is 0 Å². The Morgan fingerprint density at radius 2 is 1.70 bits per heavy atom. The summed E-state index contributed by atoms with van der Waals surface area (Å²) in [6.07, 6.45) is 0. The van der Waals surface area contributed by atoms with E-state index in [1.807, 2.05) is 18.2 Å². The number of hydrogen-bond acceptors (Lipinski definition) is 1. The zero-order valence-electron chi connectivity index (χ0n) is 5.58. The Kier molecular flexibility index (Phi) is 4.58. The Balaban J connectivity index is 0.000000810. The van der Waals surface area contributed by atoms with E-state index in [1.165, 1.54) is 0 Å². The first-order chi connectivity index (χ1) is 4.30. The van der Waals surface area contributed by atoms with E-state index in [0.29, 0.717) is 5.56 Å². The molecule has 0 aliphatic carbocycles. The molecule has 0 unspecified atom stereocenters. The Morgan fingerprint density at radius 1 is 1.20 bits per heavy atom. The van der Waals surface area contributed by atoms with Gasteiger partial charge in [0.15, 0.2) is 0 Å². The zero-order chi connectivity index (χ0) is 6.69. The van der Waals surface area contributed by atoms with Crippen molar-refractivity contribution in [2.24, 2.45) is 0 Å². The van der Waals surface area contributed by atoms with Crippen LogP contribution in [-0.4, -0.2) is 5.78 Å². The quantitative estimate of drug-likeness (QED) is 0.507. The summed E-state index contributed by atoms with van der Waals surface area (Å²) >= 11 is 0. The summed E-state index contributed by atoms with van der Waals surface area (Å²) in [5, 5.41) is 0. The number of Topliss-reactive ketones (excluding diaryl/α,β-unsaturated/α-hetero) is 1. The van der Waals surface area contributed by atoms with E-state index in [0.717, 1.165) is 0 Å².